The van der Waals surface area contributed by atoms with Crippen LogP contribution in [0.2, 0.25) is 0 Å². The number of hydrogen-bond acceptors (Lipinski definition) is 8. The van der Waals surface area contributed by atoms with Crippen LogP contribution in [0.5, 0.6) is 0 Å². The maximum atomic E-state index is 10.4. The van der Waals surface area contributed by atoms with Crippen molar-refractivity contribution in [1.82, 2.24) is 0 Å². The molecule has 42 heavy (non-hydrogen) atoms. The van der Waals surface area contributed by atoms with Crippen LogP contribution in [0.4, 0.5) is 0 Å². The summed E-state index contributed by atoms with van der Waals surface area (Å²) in [4.78, 5) is 0. The highest BCUT2D eigenvalue weighted by atomic mass is 16.6. The molecule has 3 fully saturated rings. The van der Waals surface area contributed by atoms with Gasteiger partial charge in [-0.05, 0) is 35.2 Å². The molecule has 222 valence electrons. The fourth-order valence-corrected chi connectivity index (χ4v) is 7.03. The third-order valence-corrected chi connectivity index (χ3v) is 9.29. The molecule has 1 N–H and O–H groups in total. The van der Waals surface area contributed by atoms with Gasteiger partial charge in [0, 0.05) is 25.9 Å². The Balaban J connectivity index is 0.989. The summed E-state index contributed by atoms with van der Waals surface area (Å²) >= 11 is 0. The number of nitrogens with zero attached hydrogens (tertiary/aromatic N) is 1. The Morgan fingerprint density at radius 3 is 2.45 bits per heavy atom. The Labute approximate surface area is 246 Å². The second-order valence-electron chi connectivity index (χ2n) is 12.1. The zero-order chi connectivity index (χ0) is 28.5. The van der Waals surface area contributed by atoms with Gasteiger partial charge in [0.2, 0.25) is 0 Å². The molecule has 5 aliphatic rings. The molecule has 8 heteroatoms. The maximum absolute atomic E-state index is 10.4. The molecule has 0 bridgehead atoms. The Hall–Kier alpha value is -2.61. The zero-order valence-electron chi connectivity index (χ0n) is 23.7. The van der Waals surface area contributed by atoms with Gasteiger partial charge in [-0.1, -0.05) is 60.7 Å². The van der Waals surface area contributed by atoms with Gasteiger partial charge in [0.25, 0.3) is 0 Å². The van der Waals surface area contributed by atoms with E-state index in [1.165, 1.54) is 16.3 Å². The predicted molar refractivity (Wildman–Crippen MR) is 155 cm³/mol. The summed E-state index contributed by atoms with van der Waals surface area (Å²) < 4.78 is 38.8. The maximum Gasteiger partial charge on any atom is 0.103 e. The smallest absolute Gasteiger partial charge is 0.103 e. The second kappa shape index (κ2) is 12.6. The lowest BCUT2D eigenvalue weighted by Crippen LogP contribution is -2.56. The van der Waals surface area contributed by atoms with Crippen LogP contribution >= 0.6 is 0 Å². The summed E-state index contributed by atoms with van der Waals surface area (Å²) in [6.07, 6.45) is 8.95. The van der Waals surface area contributed by atoms with Gasteiger partial charge < -0.3 is 33.5 Å². The first-order valence-electron chi connectivity index (χ1n) is 15.4. The minimum absolute atomic E-state index is 0.0240. The molecule has 0 aliphatic carbocycles. The van der Waals surface area contributed by atoms with E-state index < -0.39 is 12.2 Å². The summed E-state index contributed by atoms with van der Waals surface area (Å²) in [5, 5.41) is 22.1. The average Bonchev–Trinajstić information content (AvgIpc) is 3.29. The number of fused-ring (bicyclic) bond motifs is 5. The normalized spacial score (nSPS) is 40.5. The Morgan fingerprint density at radius 1 is 0.810 bits per heavy atom. The molecule has 2 aromatic carbocycles. The van der Waals surface area contributed by atoms with Gasteiger partial charge in [0.1, 0.15) is 18.3 Å². The average molecular weight is 574 g/mol. The van der Waals surface area contributed by atoms with Crippen molar-refractivity contribution < 1.29 is 33.5 Å². The van der Waals surface area contributed by atoms with Gasteiger partial charge in [-0.25, -0.2) is 0 Å². The van der Waals surface area contributed by atoms with E-state index in [1.54, 1.807) is 6.08 Å². The molecule has 0 unspecified atom stereocenters. The number of rotatable bonds is 4. The summed E-state index contributed by atoms with van der Waals surface area (Å²) in [5.74, 6) is 0. The third kappa shape index (κ3) is 6.06. The summed E-state index contributed by atoms with van der Waals surface area (Å²) in [7, 11) is 0. The third-order valence-electron chi connectivity index (χ3n) is 9.29. The van der Waals surface area contributed by atoms with Crippen molar-refractivity contribution in [2.75, 3.05) is 6.61 Å². The van der Waals surface area contributed by atoms with E-state index in [0.29, 0.717) is 19.6 Å². The van der Waals surface area contributed by atoms with Gasteiger partial charge in [-0.3, -0.25) is 0 Å². The first kappa shape index (κ1) is 28.2. The molecular weight excluding hydrogens is 534 g/mol. The van der Waals surface area contributed by atoms with Crippen molar-refractivity contribution in [2.24, 2.45) is 0 Å². The van der Waals surface area contributed by atoms with Crippen LogP contribution in [-0.4, -0.2) is 78.9 Å². The quantitative estimate of drug-likeness (QED) is 0.533. The first-order valence-corrected chi connectivity index (χ1v) is 15.4. The Kier molecular flexibility index (Phi) is 8.42. The topological polar surface area (TPSA) is 99.4 Å². The molecule has 5 heterocycles. The number of ether oxygens (including phenoxy) is 6. The molecule has 0 spiro atoms. The highest BCUT2D eigenvalue weighted by Gasteiger charge is 2.48. The van der Waals surface area contributed by atoms with Crippen molar-refractivity contribution >= 4 is 10.8 Å². The molecule has 2 aromatic rings. The van der Waals surface area contributed by atoms with E-state index in [9.17, 15) is 10.4 Å². The van der Waals surface area contributed by atoms with Gasteiger partial charge in [0.05, 0.1) is 67.9 Å². The standard InChI is InChI=1S/C34H39NO7/c35-14-12-26-25(36)6-3-7-27-28(39-26)10-11-29-32(40-27)19-34-33(41-29)18-30-31(42-34)17-24(13-15-37-30)38-20-21-8-9-22-4-1-2-5-23(22)16-21/h1-6,8-11,16,24-34,36H,7,12-13,15,17-20H2/b6-3-/t24-,25-,26+,27+,28-,29+,30+,31-,32-,33-,34+/m0/s1. The Morgan fingerprint density at radius 2 is 1.57 bits per heavy atom. The van der Waals surface area contributed by atoms with Crippen molar-refractivity contribution in [1.29, 1.82) is 5.26 Å². The van der Waals surface area contributed by atoms with E-state index in [-0.39, 0.29) is 61.4 Å². The molecule has 7 rings (SSSR count). The second-order valence-corrected chi connectivity index (χ2v) is 12.1. The zero-order valence-corrected chi connectivity index (χ0v) is 23.7. The molecule has 3 saturated heterocycles. The predicted octanol–water partition coefficient (Wildman–Crippen LogP) is 4.53. The number of aliphatic hydroxyl groups is 1. The lowest BCUT2D eigenvalue weighted by molar-refractivity contribution is -0.254. The molecule has 0 aromatic heterocycles. The Bertz CT molecular complexity index is 1340. The number of benzene rings is 2. The molecule has 5 aliphatic heterocycles. The number of hydrogen-bond donors (Lipinski definition) is 1. The highest BCUT2D eigenvalue weighted by molar-refractivity contribution is 5.82. The van der Waals surface area contributed by atoms with Crippen LogP contribution in [0.3, 0.4) is 0 Å². The SMILES string of the molecule is N#CC[C@H]1O[C@H]2C=C[C@H]3O[C@H]4C[C@H]5OCC[C@H](OCc6ccc7ccccc7c6)C[C@@H]5O[C@@H]4C[C@@H]3O[C@@H]2C/C=C\[C@@H]1O. The van der Waals surface area contributed by atoms with Crippen LogP contribution in [0.1, 0.15) is 44.1 Å². The lowest BCUT2D eigenvalue weighted by Gasteiger charge is -2.47. The minimum atomic E-state index is -0.815. The van der Waals surface area contributed by atoms with Gasteiger partial charge in [0.15, 0.2) is 0 Å². The van der Waals surface area contributed by atoms with Crippen molar-refractivity contribution in [3.05, 3.63) is 72.3 Å². The van der Waals surface area contributed by atoms with E-state index >= 15 is 0 Å². The monoisotopic (exact) mass is 573 g/mol. The summed E-state index contributed by atoms with van der Waals surface area (Å²) in [5.41, 5.74) is 1.17. The molecule has 0 amide bonds. The fraction of sp³-hybridized carbons (Fsp3) is 0.559. The van der Waals surface area contributed by atoms with Crippen LogP contribution < -0.4 is 0 Å². The van der Waals surface area contributed by atoms with E-state index in [4.69, 9.17) is 28.4 Å². The molecule has 0 radical (unpaired) electrons. The molecular formula is C34H39NO7. The van der Waals surface area contributed by atoms with Crippen molar-refractivity contribution in [3.8, 4) is 6.07 Å². The van der Waals surface area contributed by atoms with Crippen LogP contribution in [0, 0.1) is 11.3 Å². The number of nitriles is 1. The van der Waals surface area contributed by atoms with Gasteiger partial charge >= 0.3 is 0 Å². The van der Waals surface area contributed by atoms with Crippen LogP contribution in [0.25, 0.3) is 10.8 Å². The van der Waals surface area contributed by atoms with Gasteiger partial charge in [-0.2, -0.15) is 5.26 Å². The largest absolute Gasteiger partial charge is 0.386 e. The number of aliphatic hydroxyl groups excluding tert-OH is 1. The van der Waals surface area contributed by atoms with E-state index in [0.717, 1.165) is 25.7 Å². The fourth-order valence-electron chi connectivity index (χ4n) is 7.03. The molecule has 11 atom stereocenters. The van der Waals surface area contributed by atoms with Crippen molar-refractivity contribution in [3.63, 3.8) is 0 Å². The summed E-state index contributed by atoms with van der Waals surface area (Å²) in [6, 6.07) is 17.0. The summed E-state index contributed by atoms with van der Waals surface area (Å²) in [6.45, 7) is 1.21. The van der Waals surface area contributed by atoms with E-state index in [2.05, 4.69) is 48.5 Å². The van der Waals surface area contributed by atoms with Crippen molar-refractivity contribution in [2.45, 2.75) is 112 Å². The van der Waals surface area contributed by atoms with Gasteiger partial charge in [-0.15, -0.1) is 0 Å². The first-order chi connectivity index (χ1) is 20.6. The highest BCUT2D eigenvalue weighted by Crippen LogP contribution is 2.39. The molecule has 8 nitrogen and oxygen atoms in total. The van der Waals surface area contributed by atoms with Crippen LogP contribution in [0.15, 0.2) is 66.8 Å². The van der Waals surface area contributed by atoms with E-state index in [1.807, 2.05) is 18.2 Å². The molecule has 0 saturated carbocycles. The van der Waals surface area contributed by atoms with Crippen LogP contribution in [-0.2, 0) is 35.0 Å². The minimum Gasteiger partial charge on any atom is -0.386 e. The lowest BCUT2D eigenvalue weighted by atomic mass is 9.89.